The van der Waals surface area contributed by atoms with E-state index < -0.39 is 9.84 Å². The Morgan fingerprint density at radius 1 is 1.25 bits per heavy atom. The summed E-state index contributed by atoms with van der Waals surface area (Å²) in [5.74, 6) is 0.145. The Kier molecular flexibility index (Phi) is 5.01. The third-order valence-electron chi connectivity index (χ3n) is 4.37. The van der Waals surface area contributed by atoms with Crippen molar-refractivity contribution in [2.24, 2.45) is 4.99 Å². The average Bonchev–Trinajstić information content (AvgIpc) is 2.98. The van der Waals surface area contributed by atoms with Gasteiger partial charge in [0.05, 0.1) is 17.5 Å². The molecule has 0 unspecified atom stereocenters. The maximum atomic E-state index is 12.0. The summed E-state index contributed by atoms with van der Waals surface area (Å²) in [6.45, 7) is 4.04. The fourth-order valence-electron chi connectivity index (χ4n) is 3.14. The lowest BCUT2D eigenvalue weighted by atomic mass is 10.1. The van der Waals surface area contributed by atoms with Gasteiger partial charge in [0.15, 0.2) is 15.0 Å². The van der Waals surface area contributed by atoms with Gasteiger partial charge in [-0.15, -0.1) is 0 Å². The van der Waals surface area contributed by atoms with Crippen LogP contribution in [0.4, 0.5) is 5.69 Å². The second kappa shape index (κ2) is 6.88. The summed E-state index contributed by atoms with van der Waals surface area (Å²) in [6, 6.07) is 7.93. The summed E-state index contributed by atoms with van der Waals surface area (Å²) < 4.78 is 24.0. The predicted molar refractivity (Wildman–Crippen MR) is 99.5 cm³/mol. The molecule has 0 aromatic heterocycles. The van der Waals surface area contributed by atoms with Gasteiger partial charge in [-0.1, -0.05) is 37.7 Å². The van der Waals surface area contributed by atoms with Gasteiger partial charge in [0.25, 0.3) is 0 Å². The van der Waals surface area contributed by atoms with E-state index >= 15 is 0 Å². The lowest BCUT2D eigenvalue weighted by molar-refractivity contribution is -0.117. The number of nitrogens with zero attached hydrogens (tertiary/aromatic N) is 2. The van der Waals surface area contributed by atoms with E-state index in [1.165, 1.54) is 17.3 Å². The highest BCUT2D eigenvalue weighted by Crippen LogP contribution is 2.41. The monoisotopic (exact) mass is 366 g/mol. The molecule has 1 aromatic carbocycles. The number of hydrogen-bond donors (Lipinski definition) is 0. The van der Waals surface area contributed by atoms with Crippen molar-refractivity contribution in [1.29, 1.82) is 0 Å². The fraction of sp³-hybridized carbons (Fsp3) is 0.529. The van der Waals surface area contributed by atoms with Gasteiger partial charge >= 0.3 is 0 Å². The Bertz CT molecular complexity index is 757. The Hall–Kier alpha value is -1.34. The maximum Gasteiger partial charge on any atom is 0.248 e. The molecule has 2 aliphatic rings. The first-order valence-corrected chi connectivity index (χ1v) is 11.0. The molecular formula is C17H22N2O3S2. The fourth-order valence-corrected chi connectivity index (χ4v) is 7.07. The molecule has 1 aromatic rings. The molecule has 24 heavy (non-hydrogen) atoms. The Morgan fingerprint density at radius 3 is 2.58 bits per heavy atom. The molecular weight excluding hydrogens is 344 g/mol. The first-order valence-electron chi connectivity index (χ1n) is 8.30. The van der Waals surface area contributed by atoms with Gasteiger partial charge in [-0.25, -0.2) is 8.42 Å². The molecule has 2 atom stereocenters. The highest BCUT2D eigenvalue weighted by atomic mass is 32.2. The van der Waals surface area contributed by atoms with Crippen LogP contribution < -0.4 is 4.90 Å². The minimum absolute atomic E-state index is 0.0472. The smallest absolute Gasteiger partial charge is 0.248 e. The number of aliphatic imine (C=N–C) groups is 1. The SMILES string of the molecule is CCCC(=O)N=C1S[C@H]2CS(=O)(=O)C[C@@H]2N1c1ccc(CC)cc1. The first-order chi connectivity index (χ1) is 11.4. The van der Waals surface area contributed by atoms with Gasteiger partial charge in [-0.2, -0.15) is 4.99 Å². The van der Waals surface area contributed by atoms with Crippen LogP contribution in [0.15, 0.2) is 29.3 Å². The molecule has 5 nitrogen and oxygen atoms in total. The Morgan fingerprint density at radius 2 is 1.96 bits per heavy atom. The third-order valence-corrected chi connectivity index (χ3v) is 7.58. The van der Waals surface area contributed by atoms with Crippen molar-refractivity contribution in [3.8, 4) is 0 Å². The summed E-state index contributed by atoms with van der Waals surface area (Å²) in [4.78, 5) is 18.2. The van der Waals surface area contributed by atoms with Crippen molar-refractivity contribution in [3.63, 3.8) is 0 Å². The van der Waals surface area contributed by atoms with E-state index in [2.05, 4.69) is 11.9 Å². The normalized spacial score (nSPS) is 26.8. The number of thioether (sulfide) groups is 1. The van der Waals surface area contributed by atoms with Crippen LogP contribution in [-0.2, 0) is 21.1 Å². The van der Waals surface area contributed by atoms with Crippen LogP contribution in [-0.4, -0.2) is 42.3 Å². The standard InChI is InChI=1S/C17H22N2O3S2/c1-3-5-16(20)18-17-19(13-8-6-12(4-2)7-9-13)14-10-24(21,22)11-15(14)23-17/h6-9,14-15H,3-5,10-11H2,1-2H3/t14-,15-/m0/s1. The molecule has 3 rings (SSSR count). The van der Waals surface area contributed by atoms with Crippen molar-refractivity contribution < 1.29 is 13.2 Å². The van der Waals surface area contributed by atoms with E-state index in [1.54, 1.807) is 0 Å². The number of amides is 1. The molecule has 0 radical (unpaired) electrons. The van der Waals surface area contributed by atoms with Crippen molar-refractivity contribution in [2.75, 3.05) is 16.4 Å². The molecule has 0 saturated carbocycles. The van der Waals surface area contributed by atoms with Crippen LogP contribution in [0.25, 0.3) is 0 Å². The summed E-state index contributed by atoms with van der Waals surface area (Å²) in [5.41, 5.74) is 2.13. The maximum absolute atomic E-state index is 12.0. The number of benzene rings is 1. The predicted octanol–water partition coefficient (Wildman–Crippen LogP) is 2.65. The van der Waals surface area contributed by atoms with Crippen LogP contribution in [0.1, 0.15) is 32.3 Å². The number of amidine groups is 1. The number of carbonyl (C=O) groups is 1. The van der Waals surface area contributed by atoms with E-state index in [4.69, 9.17) is 0 Å². The Balaban J connectivity index is 1.96. The molecule has 0 spiro atoms. The van der Waals surface area contributed by atoms with Crippen LogP contribution in [0.2, 0.25) is 0 Å². The van der Waals surface area contributed by atoms with Gasteiger partial charge in [0.1, 0.15) is 0 Å². The van der Waals surface area contributed by atoms with Gasteiger partial charge in [-0.05, 0) is 30.5 Å². The molecule has 2 fully saturated rings. The molecule has 2 saturated heterocycles. The van der Waals surface area contributed by atoms with Gasteiger partial charge in [-0.3, -0.25) is 4.79 Å². The quantitative estimate of drug-likeness (QED) is 0.819. The van der Waals surface area contributed by atoms with Crippen LogP contribution in [0, 0.1) is 0 Å². The molecule has 0 aliphatic carbocycles. The zero-order valence-corrected chi connectivity index (χ0v) is 15.6. The Labute approximate surface area is 147 Å². The molecule has 2 aliphatic heterocycles. The number of anilines is 1. The number of hydrogen-bond acceptors (Lipinski definition) is 4. The van der Waals surface area contributed by atoms with Crippen LogP contribution in [0.5, 0.6) is 0 Å². The molecule has 0 bridgehead atoms. The first kappa shape index (κ1) is 17.5. The van der Waals surface area contributed by atoms with Crippen molar-refractivity contribution >= 4 is 38.4 Å². The highest BCUT2D eigenvalue weighted by Gasteiger charge is 2.49. The van der Waals surface area contributed by atoms with E-state index in [-0.39, 0.29) is 28.7 Å². The van der Waals surface area contributed by atoms with Gasteiger partial charge in [0.2, 0.25) is 5.91 Å². The topological polar surface area (TPSA) is 66.8 Å². The number of rotatable bonds is 4. The second-order valence-corrected chi connectivity index (χ2v) is 9.59. The zero-order valence-electron chi connectivity index (χ0n) is 13.9. The van der Waals surface area contributed by atoms with Crippen molar-refractivity contribution in [3.05, 3.63) is 29.8 Å². The lowest BCUT2D eigenvalue weighted by Crippen LogP contribution is -2.37. The van der Waals surface area contributed by atoms with Gasteiger partial charge in [0, 0.05) is 17.4 Å². The van der Waals surface area contributed by atoms with Crippen molar-refractivity contribution in [2.45, 2.75) is 44.4 Å². The zero-order chi connectivity index (χ0) is 17.3. The van der Waals surface area contributed by atoms with Gasteiger partial charge < -0.3 is 4.90 Å². The average molecular weight is 367 g/mol. The molecule has 7 heteroatoms. The minimum Gasteiger partial charge on any atom is -0.316 e. The molecule has 0 N–H and O–H groups in total. The van der Waals surface area contributed by atoms with E-state index in [1.807, 2.05) is 36.1 Å². The summed E-state index contributed by atoms with van der Waals surface area (Å²) in [5, 5.41) is 0.594. The highest BCUT2D eigenvalue weighted by molar-refractivity contribution is 8.16. The molecule has 130 valence electrons. The number of carbonyl (C=O) groups excluding carboxylic acids is 1. The summed E-state index contributed by atoms with van der Waals surface area (Å²) >= 11 is 1.43. The number of sulfone groups is 1. The van der Waals surface area contributed by atoms with E-state index in [9.17, 15) is 13.2 Å². The van der Waals surface area contributed by atoms with Crippen LogP contribution >= 0.6 is 11.8 Å². The van der Waals surface area contributed by atoms with E-state index in [0.29, 0.717) is 11.6 Å². The van der Waals surface area contributed by atoms with E-state index in [0.717, 1.165) is 18.5 Å². The summed E-state index contributed by atoms with van der Waals surface area (Å²) in [6.07, 6.45) is 2.12. The second-order valence-electron chi connectivity index (χ2n) is 6.23. The van der Waals surface area contributed by atoms with Crippen LogP contribution in [0.3, 0.4) is 0 Å². The van der Waals surface area contributed by atoms with Crippen molar-refractivity contribution in [1.82, 2.24) is 0 Å². The molecule has 1 amide bonds. The largest absolute Gasteiger partial charge is 0.316 e. The number of aryl methyl sites for hydroxylation is 1. The minimum atomic E-state index is -3.02. The number of fused-ring (bicyclic) bond motifs is 1. The third kappa shape index (κ3) is 3.52. The lowest BCUT2D eigenvalue weighted by Gasteiger charge is -2.24. The summed E-state index contributed by atoms with van der Waals surface area (Å²) in [7, 11) is -3.02. The molecule has 2 heterocycles.